The molecular weight excluding hydrogens is 214 g/mol. The first-order valence-electron chi connectivity index (χ1n) is 4.35. The van der Waals surface area contributed by atoms with Crippen molar-refractivity contribution in [2.75, 3.05) is 0 Å². The van der Waals surface area contributed by atoms with Gasteiger partial charge in [0.05, 0.1) is 10.4 Å². The second kappa shape index (κ2) is 3.51. The van der Waals surface area contributed by atoms with E-state index < -0.39 is 5.97 Å². The van der Waals surface area contributed by atoms with Crippen LogP contribution in [0.5, 0.6) is 0 Å². The van der Waals surface area contributed by atoms with E-state index in [9.17, 15) is 4.79 Å². The highest BCUT2D eigenvalue weighted by Gasteiger charge is 2.17. The van der Waals surface area contributed by atoms with Gasteiger partial charge < -0.3 is 9.63 Å². The van der Waals surface area contributed by atoms with Crippen molar-refractivity contribution in [3.8, 4) is 10.6 Å². The largest absolute Gasteiger partial charge is 0.478 e. The fourth-order valence-electron chi connectivity index (χ4n) is 1.34. The molecule has 5 heteroatoms. The summed E-state index contributed by atoms with van der Waals surface area (Å²) < 4.78 is 4.93. The predicted octanol–water partition coefficient (Wildman–Crippen LogP) is 2.72. The van der Waals surface area contributed by atoms with Gasteiger partial charge in [-0.05, 0) is 19.9 Å². The topological polar surface area (TPSA) is 63.3 Å². The van der Waals surface area contributed by atoms with Crippen molar-refractivity contribution >= 4 is 17.3 Å². The molecule has 0 bridgehead atoms. The van der Waals surface area contributed by atoms with Gasteiger partial charge in [-0.15, -0.1) is 11.3 Å². The lowest BCUT2D eigenvalue weighted by Gasteiger charge is -1.92. The van der Waals surface area contributed by atoms with Crippen molar-refractivity contribution in [1.29, 1.82) is 0 Å². The molecule has 0 spiro atoms. The standard InChI is InChI=1S/C10H9NO3S/c1-5-3-8(11-14-5)9-7(10(12)13)4-6(2)15-9/h3-4H,1-2H3,(H,12,13). The van der Waals surface area contributed by atoms with Gasteiger partial charge in [-0.25, -0.2) is 4.79 Å². The summed E-state index contributed by atoms with van der Waals surface area (Å²) in [6.07, 6.45) is 0. The third kappa shape index (κ3) is 1.78. The number of thiophene rings is 1. The summed E-state index contributed by atoms with van der Waals surface area (Å²) in [7, 11) is 0. The van der Waals surface area contributed by atoms with Crippen LogP contribution in [-0.2, 0) is 0 Å². The Morgan fingerprint density at radius 2 is 2.20 bits per heavy atom. The highest BCUT2D eigenvalue weighted by molar-refractivity contribution is 7.15. The van der Waals surface area contributed by atoms with Crippen LogP contribution < -0.4 is 0 Å². The van der Waals surface area contributed by atoms with Gasteiger partial charge in [-0.1, -0.05) is 5.16 Å². The molecule has 0 aliphatic heterocycles. The van der Waals surface area contributed by atoms with E-state index in [1.807, 2.05) is 6.92 Å². The summed E-state index contributed by atoms with van der Waals surface area (Å²) in [5, 5.41) is 12.8. The number of hydrogen-bond donors (Lipinski definition) is 1. The fourth-order valence-corrected chi connectivity index (χ4v) is 2.29. The average Bonchev–Trinajstić information content (AvgIpc) is 2.71. The number of hydrogen-bond acceptors (Lipinski definition) is 4. The van der Waals surface area contributed by atoms with E-state index in [1.54, 1.807) is 19.1 Å². The number of rotatable bonds is 2. The molecule has 4 nitrogen and oxygen atoms in total. The zero-order valence-corrected chi connectivity index (χ0v) is 9.09. The molecule has 2 aromatic rings. The van der Waals surface area contributed by atoms with Crippen LogP contribution in [-0.4, -0.2) is 16.2 Å². The first-order valence-corrected chi connectivity index (χ1v) is 5.17. The monoisotopic (exact) mass is 223 g/mol. The van der Waals surface area contributed by atoms with Crippen LogP contribution in [0.15, 0.2) is 16.7 Å². The smallest absolute Gasteiger partial charge is 0.337 e. The van der Waals surface area contributed by atoms with Crippen molar-refractivity contribution < 1.29 is 14.4 Å². The maximum Gasteiger partial charge on any atom is 0.337 e. The predicted molar refractivity (Wildman–Crippen MR) is 56.2 cm³/mol. The number of carbonyl (C=O) groups is 1. The summed E-state index contributed by atoms with van der Waals surface area (Å²) in [5.41, 5.74) is 0.869. The molecule has 15 heavy (non-hydrogen) atoms. The Bertz CT molecular complexity index is 512. The Morgan fingerprint density at radius 3 is 2.73 bits per heavy atom. The van der Waals surface area contributed by atoms with E-state index in [1.165, 1.54) is 11.3 Å². The van der Waals surface area contributed by atoms with Gasteiger partial charge in [-0.2, -0.15) is 0 Å². The van der Waals surface area contributed by atoms with Crippen molar-refractivity contribution in [1.82, 2.24) is 5.16 Å². The third-order valence-electron chi connectivity index (χ3n) is 1.95. The first-order chi connectivity index (χ1) is 7.08. The quantitative estimate of drug-likeness (QED) is 0.850. The highest BCUT2D eigenvalue weighted by atomic mass is 32.1. The van der Waals surface area contributed by atoms with Gasteiger partial charge in [0.25, 0.3) is 0 Å². The van der Waals surface area contributed by atoms with E-state index in [2.05, 4.69) is 5.16 Å². The molecule has 2 aromatic heterocycles. The van der Waals surface area contributed by atoms with Gasteiger partial charge in [-0.3, -0.25) is 0 Å². The summed E-state index contributed by atoms with van der Waals surface area (Å²) in [4.78, 5) is 12.6. The van der Waals surface area contributed by atoms with Crippen molar-refractivity contribution in [2.45, 2.75) is 13.8 Å². The zero-order valence-electron chi connectivity index (χ0n) is 8.27. The van der Waals surface area contributed by atoms with Gasteiger partial charge in [0.15, 0.2) is 0 Å². The van der Waals surface area contributed by atoms with Crippen LogP contribution in [0.1, 0.15) is 21.0 Å². The molecule has 0 radical (unpaired) electrons. The van der Waals surface area contributed by atoms with Crippen LogP contribution in [0.3, 0.4) is 0 Å². The van der Waals surface area contributed by atoms with Gasteiger partial charge in [0, 0.05) is 10.9 Å². The van der Waals surface area contributed by atoms with E-state index in [0.717, 1.165) is 4.88 Å². The van der Waals surface area contributed by atoms with E-state index in [4.69, 9.17) is 9.63 Å². The Kier molecular flexibility index (Phi) is 2.32. The molecule has 78 valence electrons. The van der Waals surface area contributed by atoms with Crippen molar-refractivity contribution in [2.24, 2.45) is 0 Å². The number of carboxylic acid groups (broad SMARTS) is 1. The lowest BCUT2D eigenvalue weighted by molar-refractivity contribution is 0.0698. The summed E-state index contributed by atoms with van der Waals surface area (Å²) in [5.74, 6) is -0.262. The summed E-state index contributed by atoms with van der Waals surface area (Å²) in [6.45, 7) is 3.64. The Morgan fingerprint density at radius 1 is 1.47 bits per heavy atom. The minimum absolute atomic E-state index is 0.283. The van der Waals surface area contributed by atoms with Crippen LogP contribution >= 0.6 is 11.3 Å². The molecule has 0 aliphatic carbocycles. The molecule has 0 amide bonds. The molecule has 0 saturated heterocycles. The molecule has 2 rings (SSSR count). The lowest BCUT2D eigenvalue weighted by atomic mass is 10.2. The zero-order chi connectivity index (χ0) is 11.0. The molecular formula is C10H9NO3S. The van der Waals surface area contributed by atoms with E-state index >= 15 is 0 Å². The maximum absolute atomic E-state index is 11.0. The number of aromatic nitrogens is 1. The molecule has 0 atom stereocenters. The number of nitrogens with zero attached hydrogens (tertiary/aromatic N) is 1. The normalized spacial score (nSPS) is 10.5. The van der Waals surface area contributed by atoms with Gasteiger partial charge in [0.2, 0.25) is 0 Å². The second-order valence-electron chi connectivity index (χ2n) is 3.23. The van der Waals surface area contributed by atoms with E-state index in [0.29, 0.717) is 16.3 Å². The molecule has 2 heterocycles. The molecule has 0 fully saturated rings. The molecule has 0 unspecified atom stereocenters. The van der Waals surface area contributed by atoms with Crippen LogP contribution in [0, 0.1) is 13.8 Å². The second-order valence-corrected chi connectivity index (χ2v) is 4.48. The Labute approximate surface area is 90.1 Å². The summed E-state index contributed by atoms with van der Waals surface area (Å²) >= 11 is 1.41. The Hall–Kier alpha value is -1.62. The van der Waals surface area contributed by atoms with Crippen molar-refractivity contribution in [3.63, 3.8) is 0 Å². The fraction of sp³-hybridized carbons (Fsp3) is 0.200. The average molecular weight is 223 g/mol. The van der Waals surface area contributed by atoms with Gasteiger partial charge >= 0.3 is 5.97 Å². The number of carboxylic acids is 1. The van der Waals surface area contributed by atoms with Crippen LogP contribution in [0.4, 0.5) is 0 Å². The SMILES string of the molecule is Cc1cc(-c2sc(C)cc2C(=O)O)no1. The minimum Gasteiger partial charge on any atom is -0.478 e. The van der Waals surface area contributed by atoms with E-state index in [-0.39, 0.29) is 5.56 Å². The molecule has 1 N–H and O–H groups in total. The van der Waals surface area contributed by atoms with Crippen LogP contribution in [0.25, 0.3) is 10.6 Å². The van der Waals surface area contributed by atoms with Crippen LogP contribution in [0.2, 0.25) is 0 Å². The third-order valence-corrected chi connectivity index (χ3v) is 3.02. The Balaban J connectivity index is 2.56. The number of aromatic carboxylic acids is 1. The lowest BCUT2D eigenvalue weighted by Crippen LogP contribution is -1.95. The number of aryl methyl sites for hydroxylation is 2. The minimum atomic E-state index is -0.935. The highest BCUT2D eigenvalue weighted by Crippen LogP contribution is 2.31. The van der Waals surface area contributed by atoms with Crippen molar-refractivity contribution in [3.05, 3.63) is 28.3 Å². The maximum atomic E-state index is 11.0. The summed E-state index contributed by atoms with van der Waals surface area (Å²) in [6, 6.07) is 3.38. The molecule has 0 aliphatic rings. The molecule has 0 saturated carbocycles. The molecule has 0 aromatic carbocycles. The van der Waals surface area contributed by atoms with Gasteiger partial charge in [0.1, 0.15) is 11.5 Å². The first kappa shape index (κ1) is 9.92.